The van der Waals surface area contributed by atoms with Crippen LogP contribution in [0.3, 0.4) is 0 Å². The number of rotatable bonds is 2. The Bertz CT molecular complexity index is 490. The van der Waals surface area contributed by atoms with Crippen LogP contribution in [0.1, 0.15) is 16.9 Å². The van der Waals surface area contributed by atoms with E-state index in [1.165, 1.54) is 0 Å². The summed E-state index contributed by atoms with van der Waals surface area (Å²) in [5.74, 6) is 0.0345. The zero-order valence-corrected chi connectivity index (χ0v) is 13.2. The van der Waals surface area contributed by atoms with Gasteiger partial charge in [0.25, 0.3) is 0 Å². The highest BCUT2D eigenvalue weighted by atomic mass is 127. The second-order valence-corrected chi connectivity index (χ2v) is 6.00. The molecule has 0 atom stereocenters. The lowest BCUT2D eigenvalue weighted by Gasteiger charge is -2.18. The molecule has 1 aromatic heterocycles. The molecule has 0 aliphatic carbocycles. The summed E-state index contributed by atoms with van der Waals surface area (Å²) >= 11 is 2.23. The van der Waals surface area contributed by atoms with Crippen molar-refractivity contribution in [1.82, 2.24) is 9.88 Å². The topological polar surface area (TPSA) is 36.4 Å². The van der Waals surface area contributed by atoms with Crippen LogP contribution in [0.5, 0.6) is 0 Å². The Morgan fingerprint density at radius 3 is 3.00 bits per heavy atom. The first-order valence-electron chi connectivity index (χ1n) is 5.56. The van der Waals surface area contributed by atoms with Crippen LogP contribution in [0, 0.1) is 0 Å². The molecule has 1 aromatic rings. The third kappa shape index (κ3) is 2.80. The van der Waals surface area contributed by atoms with Gasteiger partial charge in [-0.2, -0.15) is 0 Å². The van der Waals surface area contributed by atoms with E-state index in [4.69, 9.17) is 0 Å². The number of hydrogen-bond donors (Lipinski definition) is 0. The first-order chi connectivity index (χ1) is 8.63. The highest BCUT2D eigenvalue weighted by molar-refractivity contribution is 14.2. The van der Waals surface area contributed by atoms with Gasteiger partial charge in [-0.05, 0) is 18.6 Å². The SMILES string of the molecule is CN(C)/C=C1/CCN(SI)c2cccnc2C1=O. The smallest absolute Gasteiger partial charge is 0.211 e. The molecular formula is C12H14IN3OS. The van der Waals surface area contributed by atoms with E-state index in [-0.39, 0.29) is 5.78 Å². The number of hydrogen-bond acceptors (Lipinski definition) is 5. The van der Waals surface area contributed by atoms with Gasteiger partial charge < -0.3 is 9.21 Å². The Labute approximate surface area is 123 Å². The van der Waals surface area contributed by atoms with Crippen molar-refractivity contribution in [3.05, 3.63) is 35.8 Å². The van der Waals surface area contributed by atoms with Crippen LogP contribution in [0.4, 0.5) is 5.69 Å². The molecule has 2 rings (SSSR count). The maximum Gasteiger partial charge on any atom is 0.211 e. The summed E-state index contributed by atoms with van der Waals surface area (Å²) in [7, 11) is 5.45. The predicted molar refractivity (Wildman–Crippen MR) is 83.9 cm³/mol. The fourth-order valence-corrected chi connectivity index (χ4v) is 3.50. The van der Waals surface area contributed by atoms with E-state index < -0.39 is 0 Å². The molecule has 0 saturated heterocycles. The van der Waals surface area contributed by atoms with Gasteiger partial charge in [-0.15, -0.1) is 0 Å². The second kappa shape index (κ2) is 5.92. The van der Waals surface area contributed by atoms with Crippen molar-refractivity contribution >= 4 is 41.8 Å². The van der Waals surface area contributed by atoms with Gasteiger partial charge in [-0.3, -0.25) is 9.78 Å². The van der Waals surface area contributed by atoms with E-state index in [0.717, 1.165) is 24.2 Å². The monoisotopic (exact) mass is 375 g/mol. The molecule has 0 radical (unpaired) electrons. The first kappa shape index (κ1) is 13.7. The molecular weight excluding hydrogens is 361 g/mol. The molecule has 1 aliphatic rings. The molecule has 0 bridgehead atoms. The van der Waals surface area contributed by atoms with Crippen LogP contribution in [0.15, 0.2) is 30.1 Å². The summed E-state index contributed by atoms with van der Waals surface area (Å²) in [5.41, 5.74) is 2.27. The van der Waals surface area contributed by atoms with Crippen molar-refractivity contribution < 1.29 is 4.79 Å². The van der Waals surface area contributed by atoms with E-state index in [0.29, 0.717) is 5.69 Å². The summed E-state index contributed by atoms with van der Waals surface area (Å²) < 4.78 is 2.11. The highest BCUT2D eigenvalue weighted by Gasteiger charge is 2.25. The molecule has 0 N–H and O–H groups in total. The minimum absolute atomic E-state index is 0.0345. The summed E-state index contributed by atoms with van der Waals surface area (Å²) in [6.45, 7) is 0.817. The molecule has 0 fully saturated rings. The Hall–Kier alpha value is -0.760. The van der Waals surface area contributed by atoms with E-state index in [1.54, 1.807) is 15.3 Å². The minimum Gasteiger partial charge on any atom is -0.383 e. The predicted octanol–water partition coefficient (Wildman–Crippen LogP) is 2.92. The van der Waals surface area contributed by atoms with Crippen molar-refractivity contribution in [2.45, 2.75) is 6.42 Å². The minimum atomic E-state index is 0.0345. The maximum atomic E-state index is 12.4. The van der Waals surface area contributed by atoms with Crippen molar-refractivity contribution in [1.29, 1.82) is 0 Å². The van der Waals surface area contributed by atoms with Crippen LogP contribution >= 0.6 is 30.3 Å². The van der Waals surface area contributed by atoms with Crippen LogP contribution in [-0.2, 0) is 0 Å². The van der Waals surface area contributed by atoms with Gasteiger partial charge in [0, 0.05) is 68.9 Å². The number of fused-ring (bicyclic) bond motifs is 1. The number of aromatic nitrogens is 1. The average molecular weight is 375 g/mol. The Balaban J connectivity index is 2.47. The summed E-state index contributed by atoms with van der Waals surface area (Å²) in [6.07, 6.45) is 4.30. The molecule has 18 heavy (non-hydrogen) atoms. The van der Waals surface area contributed by atoms with Crippen LogP contribution < -0.4 is 4.31 Å². The summed E-state index contributed by atoms with van der Waals surface area (Å²) in [4.78, 5) is 18.6. The molecule has 0 spiro atoms. The Morgan fingerprint density at radius 2 is 2.33 bits per heavy atom. The third-order valence-electron chi connectivity index (χ3n) is 2.64. The third-order valence-corrected chi connectivity index (χ3v) is 4.62. The van der Waals surface area contributed by atoms with Gasteiger partial charge in [0.1, 0.15) is 5.69 Å². The highest BCUT2D eigenvalue weighted by Crippen LogP contribution is 2.34. The number of Topliss-reactive ketones (excluding diaryl/α,β-unsaturated/α-hetero) is 1. The molecule has 0 amide bonds. The van der Waals surface area contributed by atoms with E-state index in [2.05, 4.69) is 30.5 Å². The van der Waals surface area contributed by atoms with Gasteiger partial charge >= 0.3 is 0 Å². The molecule has 4 nitrogen and oxygen atoms in total. The molecule has 6 heteroatoms. The molecule has 2 heterocycles. The van der Waals surface area contributed by atoms with E-state index in [9.17, 15) is 4.79 Å². The fraction of sp³-hybridized carbons (Fsp3) is 0.333. The van der Waals surface area contributed by atoms with Crippen molar-refractivity contribution in [2.75, 3.05) is 24.9 Å². The number of carbonyl (C=O) groups is 1. The van der Waals surface area contributed by atoms with Crippen LogP contribution in [0.25, 0.3) is 0 Å². The van der Waals surface area contributed by atoms with Gasteiger partial charge in [-0.25, -0.2) is 0 Å². The number of carbonyl (C=O) groups excluding carboxylic acids is 1. The molecule has 0 saturated carbocycles. The van der Waals surface area contributed by atoms with Crippen molar-refractivity contribution in [3.63, 3.8) is 0 Å². The summed E-state index contributed by atoms with van der Waals surface area (Å²) in [6, 6.07) is 3.82. The maximum absolute atomic E-state index is 12.4. The number of nitrogens with zero attached hydrogens (tertiary/aromatic N) is 3. The molecule has 0 aromatic carbocycles. The summed E-state index contributed by atoms with van der Waals surface area (Å²) in [5, 5.41) is 0. The normalized spacial score (nSPS) is 17.6. The van der Waals surface area contributed by atoms with E-state index >= 15 is 0 Å². The average Bonchev–Trinajstić information content (AvgIpc) is 2.49. The van der Waals surface area contributed by atoms with Crippen molar-refractivity contribution in [2.24, 2.45) is 0 Å². The zero-order chi connectivity index (χ0) is 13.1. The number of halogens is 1. The molecule has 1 aliphatic heterocycles. The number of anilines is 1. The number of ketones is 1. The van der Waals surface area contributed by atoms with E-state index in [1.807, 2.05) is 37.3 Å². The molecule has 0 unspecified atom stereocenters. The first-order valence-corrected chi connectivity index (χ1v) is 8.88. The lowest BCUT2D eigenvalue weighted by atomic mass is 10.1. The second-order valence-electron chi connectivity index (χ2n) is 4.24. The lowest BCUT2D eigenvalue weighted by Crippen LogP contribution is -2.13. The van der Waals surface area contributed by atoms with Gasteiger partial charge in [0.15, 0.2) is 0 Å². The zero-order valence-electron chi connectivity index (χ0n) is 10.3. The quantitative estimate of drug-likeness (QED) is 0.451. The fourth-order valence-electron chi connectivity index (χ4n) is 1.89. The number of pyridine rings is 1. The van der Waals surface area contributed by atoms with Gasteiger partial charge in [-0.1, -0.05) is 0 Å². The van der Waals surface area contributed by atoms with Crippen molar-refractivity contribution in [3.8, 4) is 0 Å². The standard InChI is InChI=1S/C12H14IN3OS/c1-15(2)8-9-5-7-16(18-13)10-4-3-6-14-11(10)12(9)17/h3-4,6,8H,5,7H2,1-2H3/b9-8-. The Kier molecular flexibility index (Phi) is 4.50. The van der Waals surface area contributed by atoms with Gasteiger partial charge in [0.05, 0.1) is 5.69 Å². The Morgan fingerprint density at radius 1 is 1.56 bits per heavy atom. The largest absolute Gasteiger partial charge is 0.383 e. The van der Waals surface area contributed by atoms with Gasteiger partial charge in [0.2, 0.25) is 5.78 Å². The van der Waals surface area contributed by atoms with Crippen LogP contribution in [0.2, 0.25) is 0 Å². The van der Waals surface area contributed by atoms with Crippen LogP contribution in [-0.4, -0.2) is 36.3 Å². The lowest BCUT2D eigenvalue weighted by molar-refractivity contribution is 0.102. The molecule has 96 valence electrons.